The van der Waals surface area contributed by atoms with Gasteiger partial charge in [0.1, 0.15) is 21.4 Å². The molecule has 0 saturated heterocycles. The van der Waals surface area contributed by atoms with Crippen LogP contribution in [0, 0.1) is 0 Å². The standard InChI is InChI=1S/C33H24N6O12S3/c1-39-24-10-9-22(31-30(24)20(14-29(39)40)18-4-2-3-5-19(18)32(31)41)35-21-8-6-16(12-26(21)54(49,50)51)34-27-15-28(38-33(42)37-27)36-23-13-17(52(43,44)45)7-11-25(23)53(46,47)48/h2-15,35H,1H3,(H,43,44,45)(H,46,47,48)(H,49,50,51)(H3,34,36,37,38,42). The number of pyridine rings is 1. The summed E-state index contributed by atoms with van der Waals surface area (Å²) in [4.78, 5) is 32.0. The van der Waals surface area contributed by atoms with Crippen LogP contribution >= 0.6 is 0 Å². The molecule has 0 fully saturated rings. The number of nitrogens with zero attached hydrogens (tertiary/aromatic N) is 3. The molecule has 0 spiro atoms. The van der Waals surface area contributed by atoms with Crippen molar-refractivity contribution in [3.63, 3.8) is 0 Å². The summed E-state index contributed by atoms with van der Waals surface area (Å²) in [6.45, 7) is 0. The summed E-state index contributed by atoms with van der Waals surface area (Å²) in [6, 6.07) is 17.2. The number of aryl methyl sites for hydroxylation is 1. The summed E-state index contributed by atoms with van der Waals surface area (Å²) in [5, 5.41) is 18.7. The minimum absolute atomic E-state index is 0.0219. The zero-order chi connectivity index (χ0) is 38.9. The fraction of sp³-hybridized carbons (Fsp3) is 0.0303. The molecule has 0 unspecified atom stereocenters. The Labute approximate surface area is 305 Å². The first-order valence-electron chi connectivity index (χ1n) is 15.2. The van der Waals surface area contributed by atoms with E-state index in [0.29, 0.717) is 39.7 Å². The number of hydrogen-bond donors (Lipinski definition) is 7. The average Bonchev–Trinajstić information content (AvgIpc) is 3.08. The lowest BCUT2D eigenvalue weighted by Gasteiger charge is -2.24. The number of aromatic nitrogens is 3. The Hall–Kier alpha value is -6.23. The van der Waals surface area contributed by atoms with Crippen LogP contribution in [0.5, 0.6) is 6.01 Å². The molecule has 2 aromatic heterocycles. The summed E-state index contributed by atoms with van der Waals surface area (Å²) < 4.78 is 103. The molecule has 0 radical (unpaired) electrons. The molecular weight excluding hydrogens is 769 g/mol. The fourth-order valence-electron chi connectivity index (χ4n) is 6.06. The molecule has 7 rings (SSSR count). The van der Waals surface area contributed by atoms with E-state index >= 15 is 0 Å². The molecule has 0 atom stereocenters. The second-order valence-electron chi connectivity index (χ2n) is 11.8. The number of anilines is 6. The van der Waals surface area contributed by atoms with Crippen LogP contribution < -0.4 is 21.5 Å². The predicted molar refractivity (Wildman–Crippen MR) is 194 cm³/mol. The Bertz CT molecular complexity index is 3020. The maximum atomic E-state index is 13.9. The lowest BCUT2D eigenvalue weighted by molar-refractivity contribution is 0.104. The molecule has 0 amide bonds. The van der Waals surface area contributed by atoms with Crippen LogP contribution in [-0.2, 0) is 37.4 Å². The molecule has 0 aliphatic heterocycles. The van der Waals surface area contributed by atoms with Gasteiger partial charge in [0.25, 0.3) is 35.9 Å². The molecule has 21 heteroatoms. The first-order valence-corrected chi connectivity index (χ1v) is 19.5. The van der Waals surface area contributed by atoms with E-state index in [4.69, 9.17) is 0 Å². The van der Waals surface area contributed by atoms with Crippen molar-refractivity contribution in [3.8, 4) is 17.1 Å². The van der Waals surface area contributed by atoms with Gasteiger partial charge >= 0.3 is 6.01 Å². The van der Waals surface area contributed by atoms with E-state index in [1.807, 2.05) is 0 Å². The van der Waals surface area contributed by atoms with E-state index in [1.54, 1.807) is 37.4 Å². The van der Waals surface area contributed by atoms with Gasteiger partial charge in [0.2, 0.25) is 0 Å². The van der Waals surface area contributed by atoms with Crippen LogP contribution in [-0.4, -0.2) is 64.3 Å². The lowest BCUT2D eigenvalue weighted by atomic mass is 9.83. The first kappa shape index (κ1) is 36.1. The van der Waals surface area contributed by atoms with Gasteiger partial charge in [-0.15, -0.1) is 0 Å². The van der Waals surface area contributed by atoms with Gasteiger partial charge in [-0.2, -0.15) is 35.2 Å². The lowest BCUT2D eigenvalue weighted by Crippen LogP contribution is -2.21. The fourth-order valence-corrected chi connectivity index (χ4v) is 7.87. The van der Waals surface area contributed by atoms with E-state index in [0.717, 1.165) is 18.2 Å². The number of nitrogens with one attached hydrogen (secondary N) is 3. The van der Waals surface area contributed by atoms with Gasteiger partial charge in [-0.3, -0.25) is 23.2 Å². The van der Waals surface area contributed by atoms with E-state index in [1.165, 1.54) is 28.8 Å². The molecule has 54 heavy (non-hydrogen) atoms. The number of benzene rings is 4. The Morgan fingerprint density at radius 1 is 0.611 bits per heavy atom. The Morgan fingerprint density at radius 2 is 1.26 bits per heavy atom. The van der Waals surface area contributed by atoms with E-state index in [-0.39, 0.29) is 39.8 Å². The van der Waals surface area contributed by atoms with Gasteiger partial charge in [0.05, 0.1) is 33.0 Å². The molecule has 7 N–H and O–H groups in total. The minimum Gasteiger partial charge on any atom is -0.479 e. The van der Waals surface area contributed by atoms with Crippen LogP contribution in [0.15, 0.2) is 104 Å². The molecule has 0 saturated carbocycles. The zero-order valence-corrected chi connectivity index (χ0v) is 29.7. The topological polar surface area (TPSA) is 284 Å². The third-order valence-electron chi connectivity index (χ3n) is 8.41. The van der Waals surface area contributed by atoms with Gasteiger partial charge in [-0.05, 0) is 59.7 Å². The third-order valence-corrected chi connectivity index (χ3v) is 11.1. The normalized spacial score (nSPS) is 12.7. The highest BCUT2D eigenvalue weighted by molar-refractivity contribution is 7.86. The second-order valence-corrected chi connectivity index (χ2v) is 16.0. The summed E-state index contributed by atoms with van der Waals surface area (Å²) in [5.74, 6) is -0.977. The molecule has 0 bridgehead atoms. The van der Waals surface area contributed by atoms with Gasteiger partial charge in [-0.1, -0.05) is 24.3 Å². The highest BCUT2D eigenvalue weighted by atomic mass is 32.2. The molecule has 6 aromatic rings. The van der Waals surface area contributed by atoms with Crippen molar-refractivity contribution >= 4 is 81.4 Å². The van der Waals surface area contributed by atoms with Crippen LogP contribution in [0.3, 0.4) is 0 Å². The van der Waals surface area contributed by atoms with Crippen molar-refractivity contribution in [2.75, 3.05) is 16.0 Å². The van der Waals surface area contributed by atoms with Crippen molar-refractivity contribution in [3.05, 3.63) is 106 Å². The van der Waals surface area contributed by atoms with E-state index in [2.05, 4.69) is 25.9 Å². The quantitative estimate of drug-likeness (QED) is 0.101. The summed E-state index contributed by atoms with van der Waals surface area (Å²) >= 11 is 0. The van der Waals surface area contributed by atoms with Crippen molar-refractivity contribution in [1.82, 2.24) is 14.5 Å². The molecule has 2 heterocycles. The largest absolute Gasteiger partial charge is 0.479 e. The smallest absolute Gasteiger partial charge is 0.317 e. The first-order chi connectivity index (χ1) is 25.3. The monoisotopic (exact) mass is 792 g/mol. The van der Waals surface area contributed by atoms with Gasteiger partial charge in [-0.25, -0.2) is 0 Å². The minimum atomic E-state index is -4.97. The van der Waals surface area contributed by atoms with Crippen LogP contribution in [0.4, 0.5) is 34.4 Å². The summed E-state index contributed by atoms with van der Waals surface area (Å²) in [5.41, 5.74) is 1.14. The van der Waals surface area contributed by atoms with Gasteiger partial charge < -0.3 is 25.6 Å². The molecule has 18 nitrogen and oxygen atoms in total. The van der Waals surface area contributed by atoms with Crippen LogP contribution in [0.25, 0.3) is 22.0 Å². The van der Waals surface area contributed by atoms with Crippen LogP contribution in [0.1, 0.15) is 15.9 Å². The summed E-state index contributed by atoms with van der Waals surface area (Å²) in [7, 11) is -13.2. The summed E-state index contributed by atoms with van der Waals surface area (Å²) in [6.07, 6.45) is 0. The van der Waals surface area contributed by atoms with E-state index in [9.17, 15) is 53.6 Å². The SMILES string of the molecule is Cn1c(=O)cc2c3c(c(Nc4ccc(Nc5cc(Nc6cc(S(=O)(=O)O)ccc6S(=O)(=O)O)nc(O)n5)cc4S(=O)(=O)O)ccc31)C(=O)c1ccccc1-2. The number of hydrogen-bond acceptors (Lipinski definition) is 14. The highest BCUT2D eigenvalue weighted by Gasteiger charge is 2.30. The number of ketones is 1. The van der Waals surface area contributed by atoms with Crippen LogP contribution in [0.2, 0.25) is 0 Å². The number of carbonyl (C=O) groups excluding carboxylic acids is 1. The van der Waals surface area contributed by atoms with E-state index < -0.39 is 62.5 Å². The highest BCUT2D eigenvalue weighted by Crippen LogP contribution is 2.43. The van der Waals surface area contributed by atoms with Crippen molar-refractivity contribution < 1.29 is 48.8 Å². The third kappa shape index (κ3) is 6.61. The Morgan fingerprint density at radius 3 is 1.93 bits per heavy atom. The van der Waals surface area contributed by atoms with Crippen molar-refractivity contribution in [2.45, 2.75) is 14.7 Å². The maximum absolute atomic E-state index is 13.9. The van der Waals surface area contributed by atoms with Crippen molar-refractivity contribution in [2.24, 2.45) is 7.05 Å². The Kier molecular flexibility index (Phi) is 8.51. The average molecular weight is 793 g/mol. The zero-order valence-electron chi connectivity index (χ0n) is 27.2. The molecule has 276 valence electrons. The number of carbonyl (C=O) groups is 1. The maximum Gasteiger partial charge on any atom is 0.317 e. The molecule has 1 aliphatic rings. The molecule has 4 aromatic carbocycles. The van der Waals surface area contributed by atoms with Gasteiger partial charge in [0.15, 0.2) is 5.78 Å². The second kappa shape index (κ2) is 12.7. The van der Waals surface area contributed by atoms with Gasteiger partial charge in [0, 0.05) is 35.8 Å². The van der Waals surface area contributed by atoms with Crippen molar-refractivity contribution in [1.29, 1.82) is 0 Å². The number of aromatic hydroxyl groups is 1. The molecule has 1 aliphatic carbocycles. The predicted octanol–water partition coefficient (Wildman–Crippen LogP) is 4.22. The molecular formula is C33H24N6O12S3. The number of rotatable bonds is 9. The number of fused-ring (bicyclic) bond motifs is 2. The Balaban J connectivity index is 1.26.